The molecule has 0 spiro atoms. The van der Waals surface area contributed by atoms with Gasteiger partial charge in [-0.15, -0.1) is 0 Å². The van der Waals surface area contributed by atoms with Crippen molar-refractivity contribution in [1.82, 2.24) is 4.98 Å². The fraction of sp³-hybridized carbons (Fsp3) is 0.583. The van der Waals surface area contributed by atoms with Gasteiger partial charge in [0.15, 0.2) is 0 Å². The lowest BCUT2D eigenvalue weighted by atomic mass is 9.70. The Bertz CT molecular complexity index is 1010. The summed E-state index contributed by atoms with van der Waals surface area (Å²) < 4.78 is 31.0. The molecular weight excluding hydrogens is 398 g/mol. The molecule has 1 aromatic carbocycles. The molecule has 0 radical (unpaired) electrons. The van der Waals surface area contributed by atoms with Crippen LogP contribution in [0.15, 0.2) is 36.4 Å². The molecule has 0 aliphatic heterocycles. The first-order valence-corrected chi connectivity index (χ1v) is 12.5. The summed E-state index contributed by atoms with van der Waals surface area (Å²) >= 11 is 0. The van der Waals surface area contributed by atoms with Gasteiger partial charge in [-0.05, 0) is 49.1 Å². The van der Waals surface area contributed by atoms with Crippen LogP contribution in [-0.2, 0) is 21.3 Å². The number of pyridine rings is 1. The zero-order chi connectivity index (χ0) is 22.0. The van der Waals surface area contributed by atoms with E-state index >= 15 is 0 Å². The summed E-state index contributed by atoms with van der Waals surface area (Å²) in [5.41, 5.74) is 1.22. The first-order chi connectivity index (χ1) is 14.1. The van der Waals surface area contributed by atoms with Crippen LogP contribution >= 0.6 is 0 Å². The molecule has 2 bridgehead atoms. The fourth-order valence-electron chi connectivity index (χ4n) is 5.22. The van der Waals surface area contributed by atoms with E-state index in [-0.39, 0.29) is 17.1 Å². The van der Waals surface area contributed by atoms with Crippen LogP contribution in [0.4, 0.5) is 0 Å². The molecule has 164 valence electrons. The van der Waals surface area contributed by atoms with Crippen LogP contribution in [-0.4, -0.2) is 29.5 Å². The second-order valence-corrected chi connectivity index (χ2v) is 10.8. The fourth-order valence-corrected chi connectivity index (χ4v) is 6.52. The summed E-state index contributed by atoms with van der Waals surface area (Å²) in [5.74, 6) is -0.101. The monoisotopic (exact) mass is 431 g/mol. The highest BCUT2D eigenvalue weighted by Crippen LogP contribution is 2.64. The number of fused-ring (bicyclic) bond motifs is 3. The average molecular weight is 432 g/mol. The highest BCUT2D eigenvalue weighted by Gasteiger charge is 2.65. The molecular formula is C24H33NO4S. The zero-order valence-electron chi connectivity index (χ0n) is 18.2. The summed E-state index contributed by atoms with van der Waals surface area (Å²) in [6, 6.07) is 12.6. The van der Waals surface area contributed by atoms with Crippen LogP contribution in [0.3, 0.4) is 0 Å². The molecule has 2 atom stereocenters. The SMILES string of the molecule is CC1(C)[C@H]2CC[C@]1(CS(=O)(=O)O)C(=O)C2.CCCCCc1ccc2ccccc2n1. The number of benzene rings is 1. The normalized spacial score (nSPS) is 24.7. The van der Waals surface area contributed by atoms with Crippen molar-refractivity contribution in [3.63, 3.8) is 0 Å². The molecule has 1 N–H and O–H groups in total. The van der Waals surface area contributed by atoms with E-state index in [1.165, 1.54) is 30.3 Å². The average Bonchev–Trinajstić information content (AvgIpc) is 3.01. The van der Waals surface area contributed by atoms with E-state index in [1.807, 2.05) is 19.9 Å². The van der Waals surface area contributed by atoms with E-state index in [0.29, 0.717) is 12.8 Å². The lowest BCUT2D eigenvalue weighted by Gasteiger charge is -2.35. The van der Waals surface area contributed by atoms with E-state index in [1.54, 1.807) is 0 Å². The number of unbranched alkanes of at least 4 members (excludes halogenated alkanes) is 2. The van der Waals surface area contributed by atoms with Crippen LogP contribution < -0.4 is 0 Å². The van der Waals surface area contributed by atoms with E-state index in [2.05, 4.69) is 42.2 Å². The van der Waals surface area contributed by atoms with Gasteiger partial charge in [-0.25, -0.2) is 0 Å². The summed E-state index contributed by atoms with van der Waals surface area (Å²) in [4.78, 5) is 16.5. The van der Waals surface area contributed by atoms with Gasteiger partial charge in [-0.3, -0.25) is 14.3 Å². The first kappa shape index (κ1) is 22.9. The van der Waals surface area contributed by atoms with Gasteiger partial charge in [0, 0.05) is 17.5 Å². The second kappa shape index (κ2) is 8.75. The minimum Gasteiger partial charge on any atom is -0.299 e. The van der Waals surface area contributed by atoms with Crippen LogP contribution in [0.25, 0.3) is 10.9 Å². The van der Waals surface area contributed by atoms with Gasteiger partial charge >= 0.3 is 0 Å². The third-order valence-corrected chi connectivity index (χ3v) is 8.12. The van der Waals surface area contributed by atoms with Crippen LogP contribution in [0, 0.1) is 16.7 Å². The Morgan fingerprint density at radius 3 is 2.47 bits per heavy atom. The molecule has 0 unspecified atom stereocenters. The Morgan fingerprint density at radius 1 is 1.13 bits per heavy atom. The summed E-state index contributed by atoms with van der Waals surface area (Å²) in [7, 11) is -4.08. The molecule has 0 amide bonds. The van der Waals surface area contributed by atoms with Crippen molar-refractivity contribution in [1.29, 1.82) is 0 Å². The van der Waals surface area contributed by atoms with E-state index < -0.39 is 21.3 Å². The Kier molecular flexibility index (Phi) is 6.68. The van der Waals surface area contributed by atoms with Gasteiger partial charge in [-0.2, -0.15) is 8.42 Å². The number of carbonyl (C=O) groups is 1. The standard InChI is InChI=1S/C14H17N.C10H16O4S/c1-2-3-4-8-13-11-10-12-7-5-6-9-14(12)15-13;1-9(2)7-3-4-10(9,8(11)5-7)6-15(12,13)14/h5-7,9-11H,2-4,8H2,1H3;7H,3-6H2,1-2H3,(H,12,13,14)/t;7-,10-/m.0/s1. The maximum atomic E-state index is 11.9. The number of para-hydroxylation sites is 1. The lowest BCUT2D eigenvalue weighted by molar-refractivity contribution is -0.128. The third-order valence-electron chi connectivity index (χ3n) is 7.26. The number of ketones is 1. The van der Waals surface area contributed by atoms with Crippen molar-refractivity contribution >= 4 is 26.8 Å². The minimum atomic E-state index is -4.08. The Labute approximate surface area is 180 Å². The van der Waals surface area contributed by atoms with Gasteiger partial charge < -0.3 is 0 Å². The van der Waals surface area contributed by atoms with Gasteiger partial charge in [0.05, 0.1) is 16.7 Å². The molecule has 0 saturated heterocycles. The number of carbonyl (C=O) groups excluding carboxylic acids is 1. The zero-order valence-corrected chi connectivity index (χ0v) is 19.0. The van der Waals surface area contributed by atoms with E-state index in [4.69, 9.17) is 4.55 Å². The number of hydrogen-bond donors (Lipinski definition) is 1. The number of rotatable bonds is 6. The number of aryl methyl sites for hydroxylation is 1. The van der Waals surface area contributed by atoms with Crippen LogP contribution in [0.5, 0.6) is 0 Å². The van der Waals surface area contributed by atoms with Crippen LogP contribution in [0.2, 0.25) is 0 Å². The molecule has 4 rings (SSSR count). The molecule has 5 nitrogen and oxygen atoms in total. The number of Topliss-reactive ketones (excluding diaryl/α,β-unsaturated/α-hetero) is 1. The Morgan fingerprint density at radius 2 is 1.87 bits per heavy atom. The van der Waals surface area contributed by atoms with E-state index in [0.717, 1.165) is 18.4 Å². The molecule has 2 saturated carbocycles. The second-order valence-electron chi connectivity index (χ2n) is 9.35. The van der Waals surface area contributed by atoms with Gasteiger partial charge in [0.25, 0.3) is 10.1 Å². The molecule has 2 aromatic rings. The largest absolute Gasteiger partial charge is 0.299 e. The molecule has 2 fully saturated rings. The Balaban J connectivity index is 0.000000171. The highest BCUT2D eigenvalue weighted by molar-refractivity contribution is 7.85. The molecule has 1 heterocycles. The summed E-state index contributed by atoms with van der Waals surface area (Å²) in [6.07, 6.45) is 6.91. The molecule has 30 heavy (non-hydrogen) atoms. The van der Waals surface area contributed by atoms with Crippen molar-refractivity contribution in [2.24, 2.45) is 16.7 Å². The van der Waals surface area contributed by atoms with Crippen molar-refractivity contribution in [3.05, 3.63) is 42.1 Å². The topological polar surface area (TPSA) is 84.3 Å². The van der Waals surface area contributed by atoms with Gasteiger partial charge in [-0.1, -0.05) is 57.9 Å². The minimum absolute atomic E-state index is 0.0152. The van der Waals surface area contributed by atoms with Crippen molar-refractivity contribution in [3.8, 4) is 0 Å². The van der Waals surface area contributed by atoms with Gasteiger partial charge in [0.1, 0.15) is 5.78 Å². The highest BCUT2D eigenvalue weighted by atomic mass is 32.2. The summed E-state index contributed by atoms with van der Waals surface area (Å²) in [5, 5.41) is 1.23. The van der Waals surface area contributed by atoms with Crippen molar-refractivity contribution in [2.75, 3.05) is 5.75 Å². The van der Waals surface area contributed by atoms with E-state index in [9.17, 15) is 13.2 Å². The summed E-state index contributed by atoms with van der Waals surface area (Å²) in [6.45, 7) is 6.12. The maximum absolute atomic E-state index is 11.9. The quantitative estimate of drug-likeness (QED) is 0.500. The number of nitrogens with zero attached hydrogens (tertiary/aromatic N) is 1. The molecule has 2 aliphatic carbocycles. The smallest absolute Gasteiger partial charge is 0.265 e. The van der Waals surface area contributed by atoms with Crippen molar-refractivity contribution < 1.29 is 17.8 Å². The molecule has 1 aromatic heterocycles. The third kappa shape index (κ3) is 4.59. The predicted octanol–water partition coefficient (Wildman–Crippen LogP) is 5.24. The first-order valence-electron chi connectivity index (χ1n) is 10.9. The predicted molar refractivity (Wildman–Crippen MR) is 120 cm³/mol. The number of aromatic nitrogens is 1. The Hall–Kier alpha value is -1.79. The maximum Gasteiger partial charge on any atom is 0.265 e. The van der Waals surface area contributed by atoms with Gasteiger partial charge in [0.2, 0.25) is 0 Å². The number of hydrogen-bond acceptors (Lipinski definition) is 4. The van der Waals surface area contributed by atoms with Crippen molar-refractivity contribution in [2.45, 2.75) is 65.7 Å². The van der Waals surface area contributed by atoms with Crippen LogP contribution in [0.1, 0.15) is 65.0 Å². The molecule has 2 aliphatic rings. The molecule has 6 heteroatoms. The lowest BCUT2D eigenvalue weighted by Crippen LogP contribution is -2.42.